The number of carbonyl (C=O) groups is 1. The van der Waals surface area contributed by atoms with Crippen LogP contribution in [0.25, 0.3) is 6.08 Å². The highest BCUT2D eigenvalue weighted by atomic mass is 16.5. The minimum Gasteiger partial charge on any atom is -0.465 e. The van der Waals surface area contributed by atoms with Crippen LogP contribution < -0.4 is 10.2 Å². The first-order valence-corrected chi connectivity index (χ1v) is 7.65. The van der Waals surface area contributed by atoms with Crippen LogP contribution in [-0.2, 0) is 9.53 Å². The van der Waals surface area contributed by atoms with E-state index in [-0.39, 0.29) is 5.91 Å². The third-order valence-electron chi connectivity index (χ3n) is 3.92. The van der Waals surface area contributed by atoms with E-state index in [4.69, 9.17) is 9.15 Å². The number of hydrogen-bond acceptors (Lipinski definition) is 4. The lowest BCUT2D eigenvalue weighted by Gasteiger charge is -2.18. The molecule has 1 N–H and O–H groups in total. The zero-order valence-electron chi connectivity index (χ0n) is 13.1. The van der Waals surface area contributed by atoms with E-state index >= 15 is 0 Å². The lowest BCUT2D eigenvalue weighted by Crippen LogP contribution is -2.22. The molecule has 0 radical (unpaired) electrons. The number of nitrogens with zero attached hydrogens (tertiary/aromatic N) is 1. The molecule has 5 nitrogen and oxygen atoms in total. The fourth-order valence-electron chi connectivity index (χ4n) is 2.64. The summed E-state index contributed by atoms with van der Waals surface area (Å²) in [6.07, 6.45) is 6.02. The molecule has 23 heavy (non-hydrogen) atoms. The van der Waals surface area contributed by atoms with Gasteiger partial charge in [0.15, 0.2) is 0 Å². The Bertz CT molecular complexity index is 662. The molecule has 0 aliphatic carbocycles. The molecule has 1 aliphatic rings. The van der Waals surface area contributed by atoms with Crippen molar-refractivity contribution < 1.29 is 13.9 Å². The first kappa shape index (κ1) is 15.4. The van der Waals surface area contributed by atoms with Crippen molar-refractivity contribution in [2.45, 2.75) is 12.5 Å². The first-order valence-electron chi connectivity index (χ1n) is 7.65. The van der Waals surface area contributed by atoms with Gasteiger partial charge in [0.1, 0.15) is 5.76 Å². The minimum absolute atomic E-state index is 0.185. The number of methoxy groups -OCH3 is 1. The van der Waals surface area contributed by atoms with E-state index in [2.05, 4.69) is 10.2 Å². The van der Waals surface area contributed by atoms with Gasteiger partial charge in [-0.3, -0.25) is 4.79 Å². The van der Waals surface area contributed by atoms with Crippen molar-refractivity contribution in [3.63, 3.8) is 0 Å². The van der Waals surface area contributed by atoms with Gasteiger partial charge in [-0.2, -0.15) is 0 Å². The minimum atomic E-state index is -0.185. The molecule has 0 spiro atoms. The second kappa shape index (κ2) is 7.15. The van der Waals surface area contributed by atoms with Crippen molar-refractivity contribution in [2.24, 2.45) is 0 Å². The van der Waals surface area contributed by atoms with Crippen molar-refractivity contribution >= 4 is 23.4 Å². The summed E-state index contributed by atoms with van der Waals surface area (Å²) in [5.41, 5.74) is 1.92. The fourth-order valence-corrected chi connectivity index (χ4v) is 2.64. The highest BCUT2D eigenvalue weighted by Crippen LogP contribution is 2.23. The van der Waals surface area contributed by atoms with Crippen LogP contribution in [0.3, 0.4) is 0 Å². The van der Waals surface area contributed by atoms with Crippen molar-refractivity contribution in [3.05, 3.63) is 54.5 Å². The molecule has 1 fully saturated rings. The Labute approximate surface area is 135 Å². The van der Waals surface area contributed by atoms with Gasteiger partial charge in [-0.25, -0.2) is 0 Å². The fraction of sp³-hybridized carbons (Fsp3) is 0.278. The molecule has 1 saturated heterocycles. The summed E-state index contributed by atoms with van der Waals surface area (Å²) in [5, 5.41) is 2.83. The van der Waals surface area contributed by atoms with E-state index in [9.17, 15) is 4.79 Å². The van der Waals surface area contributed by atoms with Gasteiger partial charge in [-0.05, 0) is 48.9 Å². The van der Waals surface area contributed by atoms with Crippen molar-refractivity contribution in [3.8, 4) is 0 Å². The molecule has 5 heteroatoms. The highest BCUT2D eigenvalue weighted by molar-refractivity contribution is 6.01. The first-order chi connectivity index (χ1) is 11.2. The molecule has 0 unspecified atom stereocenters. The average Bonchev–Trinajstić information content (AvgIpc) is 3.25. The zero-order valence-corrected chi connectivity index (χ0v) is 13.1. The molecule has 2 aromatic rings. The Morgan fingerprint density at radius 1 is 1.35 bits per heavy atom. The van der Waals surface area contributed by atoms with Crippen molar-refractivity contribution in [2.75, 3.05) is 30.4 Å². The molecule has 2 heterocycles. The zero-order chi connectivity index (χ0) is 16.1. The number of furan rings is 1. The maximum Gasteiger partial charge on any atom is 0.248 e. The van der Waals surface area contributed by atoms with Gasteiger partial charge in [-0.15, -0.1) is 0 Å². The van der Waals surface area contributed by atoms with E-state index in [1.807, 2.05) is 24.3 Å². The normalized spacial score (nSPS) is 17.8. The molecular formula is C18H20N2O3. The Morgan fingerprint density at radius 2 is 2.17 bits per heavy atom. The molecule has 1 atom stereocenters. The summed E-state index contributed by atoms with van der Waals surface area (Å²) < 4.78 is 10.5. The van der Waals surface area contributed by atoms with Crippen LogP contribution in [0.5, 0.6) is 0 Å². The third-order valence-corrected chi connectivity index (χ3v) is 3.92. The van der Waals surface area contributed by atoms with Gasteiger partial charge in [-0.1, -0.05) is 0 Å². The number of nitrogens with one attached hydrogen (secondary N) is 1. The average molecular weight is 312 g/mol. The van der Waals surface area contributed by atoms with E-state index in [1.165, 1.54) is 6.08 Å². The highest BCUT2D eigenvalue weighted by Gasteiger charge is 2.21. The van der Waals surface area contributed by atoms with E-state index in [0.717, 1.165) is 30.9 Å². The molecule has 120 valence electrons. The standard InChI is InChI=1S/C18H20N2O3/c1-22-17-10-11-20(13-17)15-6-4-14(5-7-15)19-18(21)9-8-16-3-2-12-23-16/h2-9,12,17H,10-11,13H2,1H3,(H,19,21)/b9-8+/t17-/m0/s1. The van der Waals surface area contributed by atoms with Gasteiger partial charge in [0.2, 0.25) is 5.91 Å². The number of benzene rings is 1. The van der Waals surface area contributed by atoms with Crippen LogP contribution >= 0.6 is 0 Å². The van der Waals surface area contributed by atoms with Crippen molar-refractivity contribution in [1.82, 2.24) is 0 Å². The van der Waals surface area contributed by atoms with Crippen LogP contribution in [0.1, 0.15) is 12.2 Å². The number of rotatable bonds is 5. The van der Waals surface area contributed by atoms with Gasteiger partial charge in [0.05, 0.1) is 12.4 Å². The number of amides is 1. The molecule has 1 aromatic heterocycles. The molecular weight excluding hydrogens is 292 g/mol. The topological polar surface area (TPSA) is 54.7 Å². The second-order valence-electron chi connectivity index (χ2n) is 5.48. The summed E-state index contributed by atoms with van der Waals surface area (Å²) in [7, 11) is 1.75. The Hall–Kier alpha value is -2.53. The van der Waals surface area contributed by atoms with Crippen LogP contribution in [0.15, 0.2) is 53.2 Å². The van der Waals surface area contributed by atoms with Gasteiger partial charge >= 0.3 is 0 Å². The van der Waals surface area contributed by atoms with Crippen LogP contribution in [0, 0.1) is 0 Å². The molecule has 3 rings (SSSR count). The molecule has 0 saturated carbocycles. The molecule has 1 amide bonds. The van der Waals surface area contributed by atoms with E-state index in [1.54, 1.807) is 31.6 Å². The van der Waals surface area contributed by atoms with Gasteiger partial charge < -0.3 is 19.4 Å². The molecule has 1 aliphatic heterocycles. The van der Waals surface area contributed by atoms with Crippen molar-refractivity contribution in [1.29, 1.82) is 0 Å². The summed E-state index contributed by atoms with van der Waals surface area (Å²) in [4.78, 5) is 14.2. The molecule has 0 bridgehead atoms. The predicted octanol–water partition coefficient (Wildman–Crippen LogP) is 3.16. The van der Waals surface area contributed by atoms with E-state index in [0.29, 0.717) is 11.9 Å². The lowest BCUT2D eigenvalue weighted by molar-refractivity contribution is -0.111. The number of hydrogen-bond donors (Lipinski definition) is 1. The number of carbonyl (C=O) groups excluding carboxylic acids is 1. The van der Waals surface area contributed by atoms with Gasteiger partial charge in [0, 0.05) is 37.7 Å². The maximum atomic E-state index is 11.9. The summed E-state index contributed by atoms with van der Waals surface area (Å²) >= 11 is 0. The van der Waals surface area contributed by atoms with Crippen LogP contribution in [0.4, 0.5) is 11.4 Å². The monoisotopic (exact) mass is 312 g/mol. The summed E-state index contributed by atoms with van der Waals surface area (Å²) in [5.74, 6) is 0.465. The maximum absolute atomic E-state index is 11.9. The van der Waals surface area contributed by atoms with E-state index < -0.39 is 0 Å². The third kappa shape index (κ3) is 4.02. The summed E-state index contributed by atoms with van der Waals surface area (Å²) in [6, 6.07) is 11.4. The van der Waals surface area contributed by atoms with Gasteiger partial charge in [0.25, 0.3) is 0 Å². The Kier molecular flexibility index (Phi) is 4.78. The number of anilines is 2. The number of ether oxygens (including phenoxy) is 1. The predicted molar refractivity (Wildman–Crippen MR) is 90.4 cm³/mol. The largest absolute Gasteiger partial charge is 0.465 e. The lowest BCUT2D eigenvalue weighted by atomic mass is 10.2. The molecule has 1 aromatic carbocycles. The van der Waals surface area contributed by atoms with Crippen LogP contribution in [-0.4, -0.2) is 32.2 Å². The Balaban J connectivity index is 1.56. The summed E-state index contributed by atoms with van der Waals surface area (Å²) in [6.45, 7) is 1.91. The second-order valence-corrected chi connectivity index (χ2v) is 5.48. The SMILES string of the molecule is CO[C@H]1CCN(c2ccc(NC(=O)/C=C/c3ccco3)cc2)C1. The quantitative estimate of drug-likeness (QED) is 0.862. The Morgan fingerprint density at radius 3 is 2.83 bits per heavy atom. The smallest absolute Gasteiger partial charge is 0.248 e. The van der Waals surface area contributed by atoms with Crippen LogP contribution in [0.2, 0.25) is 0 Å².